The molecular weight excluding hydrogens is 311 g/mol. The summed E-state index contributed by atoms with van der Waals surface area (Å²) in [6, 6.07) is 5.94. The van der Waals surface area contributed by atoms with Crippen LogP contribution in [0.1, 0.15) is 26.7 Å². The zero-order valence-electron chi connectivity index (χ0n) is 14.3. The Morgan fingerprint density at radius 3 is 2.92 bits per heavy atom. The van der Waals surface area contributed by atoms with Crippen LogP contribution in [-0.2, 0) is 14.3 Å². The average Bonchev–Trinajstić information content (AvgIpc) is 2.90. The summed E-state index contributed by atoms with van der Waals surface area (Å²) in [6.45, 7) is 7.70. The third-order valence-corrected chi connectivity index (χ3v) is 4.44. The van der Waals surface area contributed by atoms with Gasteiger partial charge in [0.1, 0.15) is 11.4 Å². The molecule has 0 bridgehead atoms. The average molecular weight is 336 g/mol. The van der Waals surface area contributed by atoms with E-state index in [0.29, 0.717) is 25.3 Å². The van der Waals surface area contributed by atoms with Crippen molar-refractivity contribution in [3.63, 3.8) is 0 Å². The number of nitrogens with zero attached hydrogens (tertiary/aromatic N) is 1. The summed E-state index contributed by atoms with van der Waals surface area (Å²) in [5.74, 6) is -0.465. The van der Waals surface area contributed by atoms with Crippen molar-refractivity contribution >= 4 is 11.6 Å². The molecule has 0 radical (unpaired) electrons. The molecule has 1 amide bonds. The van der Waals surface area contributed by atoms with Gasteiger partial charge >= 0.3 is 0 Å². The molecule has 6 heteroatoms. The minimum atomic E-state index is -0.356. The van der Waals surface area contributed by atoms with Crippen molar-refractivity contribution in [1.82, 2.24) is 4.90 Å². The van der Waals surface area contributed by atoms with Crippen molar-refractivity contribution in [3.05, 3.63) is 30.1 Å². The third-order valence-electron chi connectivity index (χ3n) is 4.44. The van der Waals surface area contributed by atoms with Gasteiger partial charge in [-0.2, -0.15) is 0 Å². The van der Waals surface area contributed by atoms with E-state index in [-0.39, 0.29) is 22.9 Å². The highest BCUT2D eigenvalue weighted by molar-refractivity contribution is 5.90. The molecule has 0 aliphatic carbocycles. The van der Waals surface area contributed by atoms with Crippen molar-refractivity contribution in [1.29, 1.82) is 0 Å². The van der Waals surface area contributed by atoms with E-state index in [4.69, 9.17) is 9.47 Å². The largest absolute Gasteiger partial charge is 0.378 e. The molecule has 1 spiro atoms. The molecule has 1 unspecified atom stereocenters. The van der Waals surface area contributed by atoms with Crippen LogP contribution in [0.3, 0.4) is 0 Å². The minimum absolute atomic E-state index is 0.110. The zero-order chi connectivity index (χ0) is 17.2. The maximum Gasteiger partial charge on any atom is 0.225 e. The smallest absolute Gasteiger partial charge is 0.225 e. The summed E-state index contributed by atoms with van der Waals surface area (Å²) in [5, 5.41) is 2.74. The van der Waals surface area contributed by atoms with Gasteiger partial charge < -0.3 is 14.8 Å². The Hall–Kier alpha value is -1.50. The first kappa shape index (κ1) is 17.3. The molecule has 5 nitrogen and oxygen atoms in total. The van der Waals surface area contributed by atoms with E-state index in [0.717, 1.165) is 26.1 Å². The number of hydrogen-bond acceptors (Lipinski definition) is 4. The van der Waals surface area contributed by atoms with E-state index in [2.05, 4.69) is 24.1 Å². The second-order valence-corrected chi connectivity index (χ2v) is 7.37. The molecule has 1 aromatic carbocycles. The highest BCUT2D eigenvalue weighted by Crippen LogP contribution is 2.34. The van der Waals surface area contributed by atoms with Gasteiger partial charge in [0.05, 0.1) is 12.2 Å². The Labute approximate surface area is 142 Å². The van der Waals surface area contributed by atoms with Crippen LogP contribution in [0, 0.1) is 5.82 Å². The van der Waals surface area contributed by atoms with Gasteiger partial charge in [0.15, 0.2) is 0 Å². The fourth-order valence-electron chi connectivity index (χ4n) is 3.65. The second-order valence-electron chi connectivity index (χ2n) is 7.37. The van der Waals surface area contributed by atoms with Gasteiger partial charge in [-0.15, -0.1) is 0 Å². The first-order chi connectivity index (χ1) is 11.4. The van der Waals surface area contributed by atoms with Crippen LogP contribution in [-0.4, -0.2) is 54.9 Å². The van der Waals surface area contributed by atoms with Crippen molar-refractivity contribution < 1.29 is 18.7 Å². The number of halogens is 1. The summed E-state index contributed by atoms with van der Waals surface area (Å²) in [6.07, 6.45) is 1.26. The highest BCUT2D eigenvalue weighted by Gasteiger charge is 2.46. The molecule has 1 atom stereocenters. The lowest BCUT2D eigenvalue weighted by Crippen LogP contribution is -2.60. The molecule has 3 rings (SSSR count). The number of amides is 1. The van der Waals surface area contributed by atoms with E-state index >= 15 is 0 Å². The van der Waals surface area contributed by atoms with E-state index in [1.54, 1.807) is 12.1 Å². The van der Waals surface area contributed by atoms with Crippen LogP contribution in [0.25, 0.3) is 0 Å². The van der Waals surface area contributed by atoms with Crippen molar-refractivity contribution in [2.24, 2.45) is 0 Å². The lowest BCUT2D eigenvalue weighted by Gasteiger charge is -2.48. The Morgan fingerprint density at radius 2 is 2.21 bits per heavy atom. The Morgan fingerprint density at radius 1 is 1.38 bits per heavy atom. The number of morpholine rings is 1. The number of nitrogens with one attached hydrogen (secondary N) is 1. The standard InChI is InChI=1S/C18H25FN2O3/c1-17(2)11-21(12-18(24-17)7-9-23-13-18)8-6-16(22)20-15-5-3-4-14(19)10-15/h3-5,10H,6-9,11-13H2,1-2H3,(H,20,22). The SMILES string of the molecule is CC1(C)CN(CCC(=O)Nc2cccc(F)c2)CC2(CCOC2)O1. The second kappa shape index (κ2) is 6.78. The molecule has 1 aromatic rings. The Kier molecular flexibility index (Phi) is 4.90. The predicted octanol–water partition coefficient (Wildman–Crippen LogP) is 2.42. The number of carbonyl (C=O) groups is 1. The number of anilines is 1. The molecule has 2 heterocycles. The maximum atomic E-state index is 13.2. The number of rotatable bonds is 4. The lowest BCUT2D eigenvalue weighted by molar-refractivity contribution is -0.195. The first-order valence-corrected chi connectivity index (χ1v) is 8.42. The summed E-state index contributed by atoms with van der Waals surface area (Å²) < 4.78 is 25.0. The maximum absolute atomic E-state index is 13.2. The van der Waals surface area contributed by atoms with Crippen molar-refractivity contribution in [3.8, 4) is 0 Å². The molecule has 1 N–H and O–H groups in total. The first-order valence-electron chi connectivity index (χ1n) is 8.42. The molecule has 132 valence electrons. The van der Waals surface area contributed by atoms with E-state index in [1.807, 2.05) is 0 Å². The van der Waals surface area contributed by atoms with Crippen molar-refractivity contribution in [2.45, 2.75) is 37.9 Å². The number of hydrogen-bond donors (Lipinski definition) is 1. The van der Waals surface area contributed by atoms with E-state index in [1.165, 1.54) is 12.1 Å². The van der Waals surface area contributed by atoms with Gasteiger partial charge in [-0.05, 0) is 32.0 Å². The van der Waals surface area contributed by atoms with Crippen LogP contribution >= 0.6 is 0 Å². The summed E-state index contributed by atoms with van der Waals surface area (Å²) in [7, 11) is 0. The minimum Gasteiger partial charge on any atom is -0.378 e. The van der Waals surface area contributed by atoms with Crippen LogP contribution in [0.15, 0.2) is 24.3 Å². The van der Waals surface area contributed by atoms with Crippen molar-refractivity contribution in [2.75, 3.05) is 38.2 Å². The van der Waals surface area contributed by atoms with Gasteiger partial charge in [-0.1, -0.05) is 6.07 Å². The molecule has 2 aliphatic rings. The zero-order valence-corrected chi connectivity index (χ0v) is 14.3. The fourth-order valence-corrected chi connectivity index (χ4v) is 3.65. The van der Waals surface area contributed by atoms with Gasteiger partial charge in [0.2, 0.25) is 5.91 Å². The summed E-state index contributed by atoms with van der Waals surface area (Å²) in [5.41, 5.74) is -0.0193. The quantitative estimate of drug-likeness (QED) is 0.917. The fraction of sp³-hybridized carbons (Fsp3) is 0.611. The molecule has 24 heavy (non-hydrogen) atoms. The Balaban J connectivity index is 1.54. The third kappa shape index (κ3) is 4.32. The summed E-state index contributed by atoms with van der Waals surface area (Å²) >= 11 is 0. The Bertz CT molecular complexity index is 600. The predicted molar refractivity (Wildman–Crippen MR) is 89.4 cm³/mol. The molecule has 2 saturated heterocycles. The monoisotopic (exact) mass is 336 g/mol. The van der Waals surface area contributed by atoms with Gasteiger partial charge in [0.25, 0.3) is 0 Å². The number of ether oxygens (including phenoxy) is 2. The topological polar surface area (TPSA) is 50.8 Å². The van der Waals surface area contributed by atoms with Crippen LogP contribution in [0.4, 0.5) is 10.1 Å². The van der Waals surface area contributed by atoms with Gasteiger partial charge in [-0.3, -0.25) is 9.69 Å². The van der Waals surface area contributed by atoms with E-state index < -0.39 is 0 Å². The van der Waals surface area contributed by atoms with Gasteiger partial charge in [-0.25, -0.2) is 4.39 Å². The van der Waals surface area contributed by atoms with Crippen LogP contribution in [0.2, 0.25) is 0 Å². The molecular formula is C18H25FN2O3. The van der Waals surface area contributed by atoms with Crippen LogP contribution < -0.4 is 5.32 Å². The number of benzene rings is 1. The molecule has 0 aromatic heterocycles. The summed E-state index contributed by atoms with van der Waals surface area (Å²) in [4.78, 5) is 14.4. The highest BCUT2D eigenvalue weighted by atomic mass is 19.1. The normalized spacial score (nSPS) is 26.6. The molecule has 0 saturated carbocycles. The number of carbonyl (C=O) groups excluding carboxylic acids is 1. The van der Waals surface area contributed by atoms with E-state index in [9.17, 15) is 9.18 Å². The van der Waals surface area contributed by atoms with Crippen LogP contribution in [0.5, 0.6) is 0 Å². The van der Waals surface area contributed by atoms with Gasteiger partial charge in [0, 0.05) is 44.8 Å². The molecule has 2 fully saturated rings. The lowest BCUT2D eigenvalue weighted by atomic mass is 9.95. The molecule has 2 aliphatic heterocycles.